The summed E-state index contributed by atoms with van der Waals surface area (Å²) in [7, 11) is -3.21. The van der Waals surface area contributed by atoms with Crippen LogP contribution in [0, 0.1) is 0 Å². The molecule has 0 bridgehead atoms. The van der Waals surface area contributed by atoms with Gasteiger partial charge in [-0.05, 0) is 17.7 Å². The number of hydrogen-bond acceptors (Lipinski definition) is 2. The van der Waals surface area contributed by atoms with Crippen LogP contribution in [0.3, 0.4) is 0 Å². The molecule has 6 heteroatoms. The van der Waals surface area contributed by atoms with E-state index in [2.05, 4.69) is 0 Å². The Labute approximate surface area is 99.4 Å². The zero-order valence-electron chi connectivity index (χ0n) is 9.88. The minimum atomic E-state index is -4.39. The smallest absolute Gasteiger partial charge is 0.229 e. The zero-order chi connectivity index (χ0) is 13.7. The van der Waals surface area contributed by atoms with E-state index < -0.39 is 21.6 Å². The second-order valence-electron chi connectivity index (χ2n) is 3.26. The van der Waals surface area contributed by atoms with Gasteiger partial charge in [-0.3, -0.25) is 0 Å². The summed E-state index contributed by atoms with van der Waals surface area (Å²) in [6, 6.07) is 4.09. The van der Waals surface area contributed by atoms with Gasteiger partial charge < -0.3 is 0 Å². The highest BCUT2D eigenvalue weighted by atomic mass is 32.2. The molecule has 0 spiro atoms. The van der Waals surface area contributed by atoms with Gasteiger partial charge in [0.1, 0.15) is 0 Å². The van der Waals surface area contributed by atoms with E-state index in [0.29, 0.717) is 5.56 Å². The third-order valence-corrected chi connectivity index (χ3v) is 2.57. The van der Waals surface area contributed by atoms with Crippen LogP contribution >= 0.6 is 0 Å². The van der Waals surface area contributed by atoms with Crippen LogP contribution in [0.15, 0.2) is 24.3 Å². The molecule has 0 radical (unpaired) electrons. The van der Waals surface area contributed by atoms with Gasteiger partial charge in [0.2, 0.25) is 0 Å². The van der Waals surface area contributed by atoms with E-state index in [4.69, 9.17) is 0 Å². The van der Waals surface area contributed by atoms with Crippen molar-refractivity contribution >= 4 is 9.84 Å². The minimum Gasteiger partial charge on any atom is -0.229 e. The molecule has 0 amide bonds. The van der Waals surface area contributed by atoms with Crippen LogP contribution in [0.25, 0.3) is 0 Å². The second-order valence-corrected chi connectivity index (χ2v) is 5.40. The first-order valence-corrected chi connectivity index (χ1v) is 7.08. The lowest BCUT2D eigenvalue weighted by molar-refractivity contribution is -0.137. The van der Waals surface area contributed by atoms with Crippen LogP contribution in [0.5, 0.6) is 0 Å². The molecule has 1 aromatic rings. The predicted octanol–water partition coefficient (Wildman–Crippen LogP) is 3.28. The van der Waals surface area contributed by atoms with E-state index in [1.54, 1.807) is 0 Å². The molecular formula is C11H15F3O2S. The average molecular weight is 268 g/mol. The molecule has 0 atom stereocenters. The topological polar surface area (TPSA) is 34.1 Å². The van der Waals surface area contributed by atoms with E-state index in [0.717, 1.165) is 18.4 Å². The molecule has 17 heavy (non-hydrogen) atoms. The Hall–Kier alpha value is -1.04. The van der Waals surface area contributed by atoms with Crippen LogP contribution in [-0.2, 0) is 21.8 Å². The Morgan fingerprint density at radius 3 is 1.76 bits per heavy atom. The zero-order valence-corrected chi connectivity index (χ0v) is 10.7. The molecule has 0 saturated carbocycles. The summed E-state index contributed by atoms with van der Waals surface area (Å²) in [6.07, 6.45) is -3.35. The standard InChI is InChI=1S/C9H9F3O2S.C2H6/c1-15(13,14)6-7-2-4-8(5-3-7)9(10,11)12;1-2/h2-5H,6H2,1H3;1-2H3. The fourth-order valence-electron chi connectivity index (χ4n) is 1.09. The summed E-state index contributed by atoms with van der Waals surface area (Å²) in [5.41, 5.74) is -0.426. The number of hydrogen-bond donors (Lipinski definition) is 0. The molecule has 0 heterocycles. The number of alkyl halides is 3. The van der Waals surface area contributed by atoms with Gasteiger partial charge in [-0.1, -0.05) is 26.0 Å². The summed E-state index contributed by atoms with van der Waals surface area (Å²) >= 11 is 0. The summed E-state index contributed by atoms with van der Waals surface area (Å²) in [5.74, 6) is -0.245. The van der Waals surface area contributed by atoms with Gasteiger partial charge in [-0.2, -0.15) is 13.2 Å². The highest BCUT2D eigenvalue weighted by Crippen LogP contribution is 2.29. The van der Waals surface area contributed by atoms with Crippen LogP contribution in [-0.4, -0.2) is 14.7 Å². The first kappa shape index (κ1) is 16.0. The lowest BCUT2D eigenvalue weighted by Crippen LogP contribution is -2.05. The largest absolute Gasteiger partial charge is 0.416 e. The van der Waals surface area contributed by atoms with Crippen molar-refractivity contribution in [1.29, 1.82) is 0 Å². The Kier molecular flexibility index (Phi) is 5.68. The summed E-state index contributed by atoms with van der Waals surface area (Å²) in [5, 5.41) is 0. The molecule has 0 saturated heterocycles. The molecule has 0 aliphatic carbocycles. The van der Waals surface area contributed by atoms with Crippen molar-refractivity contribution in [3.05, 3.63) is 35.4 Å². The first-order valence-electron chi connectivity index (χ1n) is 5.02. The average Bonchev–Trinajstić information content (AvgIpc) is 2.17. The fourth-order valence-corrected chi connectivity index (χ4v) is 1.89. The Morgan fingerprint density at radius 1 is 1.06 bits per heavy atom. The third-order valence-electron chi connectivity index (χ3n) is 1.71. The molecule has 0 aromatic heterocycles. The maximum Gasteiger partial charge on any atom is 0.416 e. The van der Waals surface area contributed by atoms with Crippen molar-refractivity contribution in [3.63, 3.8) is 0 Å². The highest BCUT2D eigenvalue weighted by Gasteiger charge is 2.29. The highest BCUT2D eigenvalue weighted by molar-refractivity contribution is 7.89. The molecule has 0 aliphatic rings. The number of benzene rings is 1. The normalized spacial score (nSPS) is 11.6. The van der Waals surface area contributed by atoms with Crippen LogP contribution in [0.1, 0.15) is 25.0 Å². The lowest BCUT2D eigenvalue weighted by Gasteiger charge is -2.06. The van der Waals surface area contributed by atoms with Gasteiger partial charge in [0.05, 0.1) is 11.3 Å². The fraction of sp³-hybridized carbons (Fsp3) is 0.455. The Bertz CT molecular complexity index is 433. The number of halogens is 3. The van der Waals surface area contributed by atoms with Crippen molar-refractivity contribution < 1.29 is 21.6 Å². The van der Waals surface area contributed by atoms with Crippen molar-refractivity contribution in [2.75, 3.05) is 6.26 Å². The van der Waals surface area contributed by atoms with E-state index in [1.807, 2.05) is 13.8 Å². The Balaban J connectivity index is 0.00000121. The molecule has 98 valence electrons. The van der Waals surface area contributed by atoms with Crippen LogP contribution in [0.4, 0.5) is 13.2 Å². The number of sulfone groups is 1. The molecule has 0 unspecified atom stereocenters. The molecular weight excluding hydrogens is 253 g/mol. The molecule has 0 fully saturated rings. The monoisotopic (exact) mass is 268 g/mol. The summed E-state index contributed by atoms with van der Waals surface area (Å²) < 4.78 is 58.1. The minimum absolute atomic E-state index is 0.245. The molecule has 0 aliphatic heterocycles. The quantitative estimate of drug-likeness (QED) is 0.825. The molecule has 2 nitrogen and oxygen atoms in total. The van der Waals surface area contributed by atoms with E-state index in [9.17, 15) is 21.6 Å². The van der Waals surface area contributed by atoms with Gasteiger partial charge in [0, 0.05) is 6.26 Å². The lowest BCUT2D eigenvalue weighted by atomic mass is 10.1. The third kappa shape index (κ3) is 6.31. The van der Waals surface area contributed by atoms with Gasteiger partial charge in [0.25, 0.3) is 0 Å². The Morgan fingerprint density at radius 2 is 1.47 bits per heavy atom. The summed E-state index contributed by atoms with van der Waals surface area (Å²) in [4.78, 5) is 0. The van der Waals surface area contributed by atoms with Crippen molar-refractivity contribution in [1.82, 2.24) is 0 Å². The van der Waals surface area contributed by atoms with Crippen molar-refractivity contribution in [3.8, 4) is 0 Å². The van der Waals surface area contributed by atoms with Gasteiger partial charge >= 0.3 is 6.18 Å². The second kappa shape index (κ2) is 6.05. The maximum atomic E-state index is 12.1. The van der Waals surface area contributed by atoms with Crippen LogP contribution in [0.2, 0.25) is 0 Å². The van der Waals surface area contributed by atoms with E-state index in [1.165, 1.54) is 12.1 Å². The van der Waals surface area contributed by atoms with E-state index in [-0.39, 0.29) is 5.75 Å². The molecule has 0 N–H and O–H groups in total. The van der Waals surface area contributed by atoms with Gasteiger partial charge in [-0.15, -0.1) is 0 Å². The molecule has 1 rings (SSSR count). The van der Waals surface area contributed by atoms with Crippen molar-refractivity contribution in [2.45, 2.75) is 25.8 Å². The van der Waals surface area contributed by atoms with Crippen molar-refractivity contribution in [2.24, 2.45) is 0 Å². The van der Waals surface area contributed by atoms with Crippen LogP contribution < -0.4 is 0 Å². The number of rotatable bonds is 2. The maximum absolute atomic E-state index is 12.1. The van der Waals surface area contributed by atoms with Gasteiger partial charge in [-0.25, -0.2) is 8.42 Å². The SMILES string of the molecule is CC.CS(=O)(=O)Cc1ccc(C(F)(F)F)cc1. The predicted molar refractivity (Wildman–Crippen MR) is 61.3 cm³/mol. The molecule has 1 aromatic carbocycles. The first-order chi connectivity index (χ1) is 7.68. The van der Waals surface area contributed by atoms with E-state index >= 15 is 0 Å². The summed E-state index contributed by atoms with van der Waals surface area (Å²) in [6.45, 7) is 4.00. The van der Waals surface area contributed by atoms with Gasteiger partial charge in [0.15, 0.2) is 9.84 Å².